The lowest BCUT2D eigenvalue weighted by Crippen LogP contribution is -2.32. The summed E-state index contributed by atoms with van der Waals surface area (Å²) < 4.78 is 11.4. The zero-order valence-electron chi connectivity index (χ0n) is 16.9. The van der Waals surface area contributed by atoms with Crippen LogP contribution < -0.4 is 10.5 Å². The highest BCUT2D eigenvalue weighted by molar-refractivity contribution is 6.37. The van der Waals surface area contributed by atoms with Crippen LogP contribution in [0.1, 0.15) is 11.3 Å². The number of rotatable bonds is 8. The van der Waals surface area contributed by atoms with E-state index < -0.39 is 12.0 Å². The van der Waals surface area contributed by atoms with Gasteiger partial charge in [0, 0.05) is 12.0 Å². The molecular formula is C24H20Cl2N2O4. The van der Waals surface area contributed by atoms with Crippen molar-refractivity contribution in [1.29, 1.82) is 0 Å². The average Bonchev–Trinajstić information content (AvgIpc) is 3.24. The number of aromatic nitrogens is 1. The Kier molecular flexibility index (Phi) is 6.65. The van der Waals surface area contributed by atoms with Crippen molar-refractivity contribution < 1.29 is 19.1 Å². The second kappa shape index (κ2) is 9.61. The second-order valence-corrected chi connectivity index (χ2v) is 8.16. The van der Waals surface area contributed by atoms with Crippen LogP contribution in [0.5, 0.6) is 5.75 Å². The Morgan fingerprint density at radius 2 is 1.81 bits per heavy atom. The molecule has 0 aliphatic heterocycles. The molecule has 164 valence electrons. The van der Waals surface area contributed by atoms with Crippen LogP contribution in [0.4, 0.5) is 0 Å². The summed E-state index contributed by atoms with van der Waals surface area (Å²) in [6, 6.07) is 16.3. The molecule has 0 aliphatic carbocycles. The largest absolute Gasteiger partial charge is 0.490 e. The highest BCUT2D eigenvalue weighted by atomic mass is 35.5. The summed E-state index contributed by atoms with van der Waals surface area (Å²) >= 11 is 12.6. The maximum absolute atomic E-state index is 10.9. The van der Waals surface area contributed by atoms with Gasteiger partial charge in [-0.15, -0.1) is 0 Å². The summed E-state index contributed by atoms with van der Waals surface area (Å²) in [5.74, 6) is -0.214. The van der Waals surface area contributed by atoms with E-state index in [2.05, 4.69) is 11.1 Å². The van der Waals surface area contributed by atoms with Crippen molar-refractivity contribution in [2.45, 2.75) is 18.9 Å². The van der Waals surface area contributed by atoms with Crippen molar-refractivity contribution in [3.8, 4) is 17.2 Å². The number of carboxylic acids is 1. The van der Waals surface area contributed by atoms with Crippen LogP contribution in [-0.2, 0) is 17.6 Å². The minimum atomic E-state index is -1.09. The number of carboxylic acid groups (broad SMARTS) is 1. The molecule has 0 amide bonds. The van der Waals surface area contributed by atoms with E-state index in [1.54, 1.807) is 18.4 Å². The van der Waals surface area contributed by atoms with Crippen molar-refractivity contribution in [2.75, 3.05) is 6.61 Å². The molecular weight excluding hydrogens is 451 g/mol. The van der Waals surface area contributed by atoms with Gasteiger partial charge in [0.15, 0.2) is 5.75 Å². The summed E-state index contributed by atoms with van der Waals surface area (Å²) in [5, 5.41) is 11.8. The summed E-state index contributed by atoms with van der Waals surface area (Å²) in [5.41, 5.74) is 7.83. The Morgan fingerprint density at radius 1 is 1.09 bits per heavy atom. The number of ether oxygens (including phenoxy) is 1. The van der Waals surface area contributed by atoms with Crippen molar-refractivity contribution in [1.82, 2.24) is 4.98 Å². The third-order valence-electron chi connectivity index (χ3n) is 4.98. The van der Waals surface area contributed by atoms with Crippen LogP contribution in [-0.4, -0.2) is 28.7 Å². The van der Waals surface area contributed by atoms with Gasteiger partial charge in [-0.1, -0.05) is 53.5 Å². The molecule has 4 aromatic rings. The van der Waals surface area contributed by atoms with Gasteiger partial charge in [0.1, 0.15) is 12.3 Å². The Morgan fingerprint density at radius 3 is 2.53 bits per heavy atom. The first-order valence-electron chi connectivity index (χ1n) is 9.93. The zero-order chi connectivity index (χ0) is 22.7. The predicted octanol–water partition coefficient (Wildman–Crippen LogP) is 5.38. The lowest BCUT2D eigenvalue weighted by molar-refractivity contribution is -0.138. The monoisotopic (exact) mass is 470 g/mol. The van der Waals surface area contributed by atoms with Crippen molar-refractivity contribution in [3.05, 3.63) is 82.2 Å². The van der Waals surface area contributed by atoms with E-state index in [9.17, 15) is 4.79 Å². The Balaban J connectivity index is 1.39. The van der Waals surface area contributed by atoms with E-state index in [0.29, 0.717) is 33.7 Å². The van der Waals surface area contributed by atoms with Crippen molar-refractivity contribution in [2.24, 2.45) is 5.73 Å². The molecule has 3 aromatic carbocycles. The normalized spacial score (nSPS) is 12.1. The summed E-state index contributed by atoms with van der Waals surface area (Å²) in [6.45, 7) is 0.289. The second-order valence-electron chi connectivity index (χ2n) is 7.34. The molecule has 0 saturated heterocycles. The molecule has 0 radical (unpaired) electrons. The molecule has 3 N–H and O–H groups in total. The number of nitrogens with zero attached hydrogens (tertiary/aromatic N) is 1. The fraction of sp³-hybridized carbons (Fsp3) is 0.167. The molecule has 0 fully saturated rings. The van der Waals surface area contributed by atoms with Gasteiger partial charge in [-0.3, -0.25) is 4.79 Å². The Labute approximate surface area is 194 Å². The topological polar surface area (TPSA) is 98.6 Å². The van der Waals surface area contributed by atoms with E-state index in [-0.39, 0.29) is 13.0 Å². The number of hydrogen-bond donors (Lipinski definition) is 2. The highest BCUT2D eigenvalue weighted by Crippen LogP contribution is 2.34. The molecule has 0 saturated carbocycles. The number of halogens is 2. The zero-order valence-corrected chi connectivity index (χ0v) is 18.4. The maximum atomic E-state index is 10.9. The fourth-order valence-electron chi connectivity index (χ4n) is 3.34. The van der Waals surface area contributed by atoms with Gasteiger partial charge in [-0.2, -0.15) is 0 Å². The molecule has 4 rings (SSSR count). The van der Waals surface area contributed by atoms with E-state index in [1.807, 2.05) is 36.4 Å². The maximum Gasteiger partial charge on any atom is 0.320 e. The molecule has 8 heteroatoms. The minimum Gasteiger partial charge on any atom is -0.490 e. The average molecular weight is 471 g/mol. The summed E-state index contributed by atoms with van der Waals surface area (Å²) in [6.07, 6.45) is 2.22. The number of nitrogens with two attached hydrogens (primary N) is 1. The highest BCUT2D eigenvalue weighted by Gasteiger charge is 2.16. The van der Waals surface area contributed by atoms with Crippen molar-refractivity contribution in [3.63, 3.8) is 0 Å². The standard InChI is InChI=1S/C24H20Cl2N2O4/c25-19-9-14(11-21(27)24(29)30)10-20(26)22(19)31-8-7-18-13-32-23(28-18)17-6-5-15-3-1-2-4-16(15)12-17/h1-6,9-10,12-13,21H,7-8,11,27H2,(H,29,30). The number of carbonyl (C=O) groups is 1. The number of benzene rings is 3. The van der Waals surface area contributed by atoms with Crippen LogP contribution in [0, 0.1) is 0 Å². The third kappa shape index (κ3) is 5.05. The third-order valence-corrected chi connectivity index (χ3v) is 5.55. The van der Waals surface area contributed by atoms with E-state index in [4.69, 9.17) is 43.2 Å². The van der Waals surface area contributed by atoms with Crippen LogP contribution in [0.15, 0.2) is 65.3 Å². The van der Waals surface area contributed by atoms with Gasteiger partial charge in [-0.25, -0.2) is 4.98 Å². The van der Waals surface area contributed by atoms with E-state index >= 15 is 0 Å². The van der Waals surface area contributed by atoms with Gasteiger partial charge >= 0.3 is 5.97 Å². The first-order chi connectivity index (χ1) is 15.4. The van der Waals surface area contributed by atoms with Gasteiger partial charge in [-0.05, 0) is 47.0 Å². The quantitative estimate of drug-likeness (QED) is 0.358. The van der Waals surface area contributed by atoms with Gasteiger partial charge in [0.05, 0.1) is 22.3 Å². The molecule has 0 aliphatic rings. The van der Waals surface area contributed by atoms with Crippen molar-refractivity contribution >= 4 is 39.9 Å². The van der Waals surface area contributed by atoms with Crippen LogP contribution in [0.2, 0.25) is 10.0 Å². The van der Waals surface area contributed by atoms with Crippen LogP contribution in [0.25, 0.3) is 22.2 Å². The Hall–Kier alpha value is -3.06. The van der Waals surface area contributed by atoms with E-state index in [0.717, 1.165) is 22.0 Å². The molecule has 1 unspecified atom stereocenters. The van der Waals surface area contributed by atoms with E-state index in [1.165, 1.54) is 0 Å². The number of aliphatic carboxylic acids is 1. The minimum absolute atomic E-state index is 0.117. The summed E-state index contributed by atoms with van der Waals surface area (Å²) in [7, 11) is 0. The molecule has 6 nitrogen and oxygen atoms in total. The van der Waals surface area contributed by atoms with Crippen LogP contribution >= 0.6 is 23.2 Å². The van der Waals surface area contributed by atoms with Gasteiger partial charge < -0.3 is 20.0 Å². The number of fused-ring (bicyclic) bond motifs is 1. The number of oxazole rings is 1. The molecule has 0 bridgehead atoms. The number of hydrogen-bond acceptors (Lipinski definition) is 5. The molecule has 1 heterocycles. The molecule has 32 heavy (non-hydrogen) atoms. The van der Waals surface area contributed by atoms with Gasteiger partial charge in [0.25, 0.3) is 0 Å². The predicted molar refractivity (Wildman–Crippen MR) is 124 cm³/mol. The molecule has 1 atom stereocenters. The van der Waals surface area contributed by atoms with Gasteiger partial charge in [0.2, 0.25) is 5.89 Å². The smallest absolute Gasteiger partial charge is 0.320 e. The lowest BCUT2D eigenvalue weighted by atomic mass is 10.1. The summed E-state index contributed by atoms with van der Waals surface area (Å²) in [4.78, 5) is 15.5. The van der Waals surface area contributed by atoms with Crippen LogP contribution in [0.3, 0.4) is 0 Å². The lowest BCUT2D eigenvalue weighted by Gasteiger charge is -2.12. The fourth-order valence-corrected chi connectivity index (χ4v) is 3.99. The molecule has 1 aromatic heterocycles. The Bertz CT molecular complexity index is 1250. The SMILES string of the molecule is NC(Cc1cc(Cl)c(OCCc2coc(-c3ccc4ccccc4c3)n2)c(Cl)c1)C(=O)O. The molecule has 0 spiro atoms. The first kappa shape index (κ1) is 22.1. The first-order valence-corrected chi connectivity index (χ1v) is 10.7.